The van der Waals surface area contributed by atoms with Gasteiger partial charge in [-0.3, -0.25) is 24.1 Å². The molecule has 1 saturated heterocycles. The topological polar surface area (TPSA) is 164 Å². The number of nitrogens with two attached hydrogens (primary N) is 1. The van der Waals surface area contributed by atoms with E-state index in [1.165, 1.54) is 14.2 Å². The molecular weight excluding hydrogens is 702 g/mol. The summed E-state index contributed by atoms with van der Waals surface area (Å²) >= 11 is 0. The first-order valence-electron chi connectivity index (χ1n) is 19.9. The predicted octanol–water partition coefficient (Wildman–Crippen LogP) is 3.91. The molecule has 13 heteroatoms. The molecule has 3 amide bonds. The van der Waals surface area contributed by atoms with Crippen LogP contribution >= 0.6 is 0 Å². The summed E-state index contributed by atoms with van der Waals surface area (Å²) in [5.74, 6) is -1.24. The largest absolute Gasteiger partial charge is 0.497 e. The van der Waals surface area contributed by atoms with Crippen LogP contribution in [0, 0.1) is 29.6 Å². The molecule has 13 nitrogen and oxygen atoms in total. The molecule has 55 heavy (non-hydrogen) atoms. The molecule has 2 rings (SSSR count). The van der Waals surface area contributed by atoms with E-state index in [1.807, 2.05) is 91.7 Å². The van der Waals surface area contributed by atoms with Gasteiger partial charge in [-0.05, 0) is 62.9 Å². The Labute approximate surface area is 331 Å². The molecule has 1 aliphatic heterocycles. The van der Waals surface area contributed by atoms with Crippen molar-refractivity contribution in [2.75, 3.05) is 49.0 Å². The lowest BCUT2D eigenvalue weighted by molar-refractivity contribution is -0.149. The van der Waals surface area contributed by atoms with Crippen LogP contribution in [0.25, 0.3) is 0 Å². The number of carbonyl (C=O) groups excluding carboxylic acids is 4. The number of aliphatic hydroxyl groups is 1. The van der Waals surface area contributed by atoms with Gasteiger partial charge >= 0.3 is 0 Å². The van der Waals surface area contributed by atoms with Crippen molar-refractivity contribution in [3.63, 3.8) is 0 Å². The highest BCUT2D eigenvalue weighted by molar-refractivity contribution is 5.90. The Balaban J connectivity index is 2.29. The minimum absolute atomic E-state index is 0.0304. The number of rotatable bonds is 22. The van der Waals surface area contributed by atoms with Gasteiger partial charge in [0.05, 0.1) is 55.9 Å². The smallest absolute Gasteiger partial charge is 0.226 e. The summed E-state index contributed by atoms with van der Waals surface area (Å²) in [7, 11) is 10.1. The zero-order valence-corrected chi connectivity index (χ0v) is 36.1. The quantitative estimate of drug-likeness (QED) is 0.157. The van der Waals surface area contributed by atoms with E-state index in [0.29, 0.717) is 5.75 Å². The van der Waals surface area contributed by atoms with E-state index in [-0.39, 0.29) is 73.1 Å². The molecule has 0 saturated carbocycles. The zero-order chi connectivity index (χ0) is 41.9. The van der Waals surface area contributed by atoms with Gasteiger partial charge in [-0.25, -0.2) is 0 Å². The highest BCUT2D eigenvalue weighted by atomic mass is 16.5. The SMILES string of the molecule is CCC(C)[C@@H]([C@@H](CC(=O)N1C[C@@H](O)C[C@H]1[C@H](OC)[C@@H](C)C(=O)N[C@H](C)C(N)c1ccc(OC)cc1)OC)N(C)C(=O)[C@@H](CC(=O)[C@H](C(C)C)N(C)C)C(C)C. The standard InChI is InChI=1S/C42H73N5O8/c1-15-26(6)39(46(11)42(52)32(24(2)3)21-34(49)38(25(4)5)45(9)10)35(54-13)22-36(50)47-23-30(48)20-33(47)40(55-14)27(7)41(51)44-28(8)37(43)29-16-18-31(53-12)19-17-29/h16-19,24-28,30,32-33,35,37-40,48H,15,20-23,43H2,1-14H3,(H,44,51)/t26?,27-,28-,30+,32+,33+,35-,37?,38+,39+,40-/m1/s1. The summed E-state index contributed by atoms with van der Waals surface area (Å²) in [6, 6.07) is 5.12. The summed E-state index contributed by atoms with van der Waals surface area (Å²) in [5, 5.41) is 13.9. The maximum atomic E-state index is 14.3. The van der Waals surface area contributed by atoms with E-state index in [9.17, 15) is 24.3 Å². The van der Waals surface area contributed by atoms with Crippen LogP contribution in [0.15, 0.2) is 24.3 Å². The second-order valence-corrected chi connectivity index (χ2v) is 16.6. The second kappa shape index (κ2) is 22.0. The van der Waals surface area contributed by atoms with E-state index in [0.717, 1.165) is 12.0 Å². The van der Waals surface area contributed by atoms with Crippen LogP contribution in [0.2, 0.25) is 0 Å². The number of likely N-dealkylation sites (tertiary alicyclic amines) is 1. The Morgan fingerprint density at radius 2 is 1.53 bits per heavy atom. The van der Waals surface area contributed by atoms with Crippen LogP contribution in [0.5, 0.6) is 5.75 Å². The second-order valence-electron chi connectivity index (χ2n) is 16.6. The van der Waals surface area contributed by atoms with Gasteiger partial charge in [-0.1, -0.05) is 67.0 Å². The Bertz CT molecular complexity index is 1370. The van der Waals surface area contributed by atoms with Crippen LogP contribution < -0.4 is 15.8 Å². The van der Waals surface area contributed by atoms with Gasteiger partial charge in [0.1, 0.15) is 5.75 Å². The van der Waals surface area contributed by atoms with Crippen molar-refractivity contribution < 1.29 is 38.5 Å². The Hall–Kier alpha value is -3.10. The van der Waals surface area contributed by atoms with E-state index in [1.54, 1.807) is 30.9 Å². The minimum atomic E-state index is -0.805. The maximum absolute atomic E-state index is 14.3. The third-order valence-corrected chi connectivity index (χ3v) is 11.8. The highest BCUT2D eigenvalue weighted by Crippen LogP contribution is 2.31. The monoisotopic (exact) mass is 776 g/mol. The molecule has 11 atom stereocenters. The first-order chi connectivity index (χ1) is 25.7. The third kappa shape index (κ3) is 12.4. The molecule has 1 fully saturated rings. The van der Waals surface area contributed by atoms with Crippen molar-refractivity contribution in [3.05, 3.63) is 29.8 Å². The molecular formula is C42H73N5O8. The number of hydrogen-bond acceptors (Lipinski definition) is 10. The predicted molar refractivity (Wildman–Crippen MR) is 215 cm³/mol. The zero-order valence-electron chi connectivity index (χ0n) is 36.1. The molecule has 1 aliphatic rings. The fourth-order valence-electron chi connectivity index (χ4n) is 8.33. The van der Waals surface area contributed by atoms with Gasteiger partial charge in [0.2, 0.25) is 17.7 Å². The van der Waals surface area contributed by atoms with Gasteiger partial charge in [-0.15, -0.1) is 0 Å². The van der Waals surface area contributed by atoms with Gasteiger partial charge in [0.25, 0.3) is 0 Å². The number of Topliss-reactive ketones (excluding diaryl/α,β-unsaturated/α-hetero) is 1. The number of methoxy groups -OCH3 is 3. The number of aliphatic hydroxyl groups excluding tert-OH is 1. The van der Waals surface area contributed by atoms with E-state index < -0.39 is 54.3 Å². The molecule has 0 bridgehead atoms. The fourth-order valence-corrected chi connectivity index (χ4v) is 8.33. The fraction of sp³-hybridized carbons (Fsp3) is 0.762. The van der Waals surface area contributed by atoms with Gasteiger partial charge in [-0.2, -0.15) is 0 Å². The Morgan fingerprint density at radius 3 is 2.00 bits per heavy atom. The lowest BCUT2D eigenvalue weighted by Crippen LogP contribution is -2.55. The third-order valence-electron chi connectivity index (χ3n) is 11.8. The van der Waals surface area contributed by atoms with Crippen molar-refractivity contribution in [3.8, 4) is 5.75 Å². The highest BCUT2D eigenvalue weighted by Gasteiger charge is 2.45. The molecule has 2 unspecified atom stereocenters. The normalized spacial score (nSPS) is 21.0. The number of ketones is 1. The van der Waals surface area contributed by atoms with Crippen molar-refractivity contribution in [1.29, 1.82) is 0 Å². The minimum Gasteiger partial charge on any atom is -0.497 e. The molecule has 0 radical (unpaired) electrons. The lowest BCUT2D eigenvalue weighted by Gasteiger charge is -2.41. The van der Waals surface area contributed by atoms with E-state index >= 15 is 0 Å². The van der Waals surface area contributed by atoms with Gasteiger partial charge in [0, 0.05) is 52.2 Å². The van der Waals surface area contributed by atoms with Crippen molar-refractivity contribution in [2.24, 2.45) is 35.3 Å². The van der Waals surface area contributed by atoms with Crippen LogP contribution in [-0.2, 0) is 28.7 Å². The van der Waals surface area contributed by atoms with Crippen molar-refractivity contribution in [2.45, 2.75) is 130 Å². The number of hydrogen-bond donors (Lipinski definition) is 3. The van der Waals surface area contributed by atoms with E-state index in [2.05, 4.69) is 5.32 Å². The number of amides is 3. The molecule has 0 spiro atoms. The number of nitrogens with one attached hydrogen (secondary N) is 1. The summed E-state index contributed by atoms with van der Waals surface area (Å²) in [4.78, 5) is 60.9. The number of β-amino-alcohol motifs (C(OH)–C–C–N with tert-alkyl or cyclic N) is 1. The summed E-state index contributed by atoms with van der Waals surface area (Å²) in [5.41, 5.74) is 7.34. The molecule has 0 aromatic heterocycles. The number of benzene rings is 1. The van der Waals surface area contributed by atoms with Crippen LogP contribution in [-0.4, -0.2) is 135 Å². The maximum Gasteiger partial charge on any atom is 0.226 e. The molecule has 4 N–H and O–H groups in total. The molecule has 1 aromatic rings. The van der Waals surface area contributed by atoms with Crippen molar-refractivity contribution in [1.82, 2.24) is 20.0 Å². The van der Waals surface area contributed by atoms with Crippen LogP contribution in [0.1, 0.15) is 92.7 Å². The first-order valence-corrected chi connectivity index (χ1v) is 19.9. The van der Waals surface area contributed by atoms with Gasteiger partial charge < -0.3 is 40.2 Å². The number of ether oxygens (including phenoxy) is 3. The Kier molecular flexibility index (Phi) is 19.2. The number of nitrogens with zero attached hydrogens (tertiary/aromatic N) is 3. The Morgan fingerprint density at radius 1 is 0.927 bits per heavy atom. The number of carbonyl (C=O) groups is 4. The molecule has 1 heterocycles. The average molecular weight is 776 g/mol. The van der Waals surface area contributed by atoms with Crippen molar-refractivity contribution >= 4 is 23.5 Å². The number of likely N-dealkylation sites (N-methyl/N-ethyl adjacent to an activating group) is 2. The first kappa shape index (κ1) is 48.0. The van der Waals surface area contributed by atoms with E-state index in [4.69, 9.17) is 19.9 Å². The summed E-state index contributed by atoms with van der Waals surface area (Å²) in [6.07, 6.45) is -1.17. The van der Waals surface area contributed by atoms with Crippen LogP contribution in [0.4, 0.5) is 0 Å². The summed E-state index contributed by atoms with van der Waals surface area (Å²) < 4.78 is 17.2. The molecule has 314 valence electrons. The molecule has 0 aliphatic carbocycles. The van der Waals surface area contributed by atoms with Gasteiger partial charge in [0.15, 0.2) is 5.78 Å². The van der Waals surface area contributed by atoms with Crippen LogP contribution in [0.3, 0.4) is 0 Å². The molecule has 1 aromatic carbocycles. The lowest BCUT2D eigenvalue weighted by atomic mass is 9.83. The summed E-state index contributed by atoms with van der Waals surface area (Å²) in [6.45, 7) is 15.7. The average Bonchev–Trinajstić information content (AvgIpc) is 3.53.